The van der Waals surface area contributed by atoms with Crippen LogP contribution in [-0.2, 0) is 9.84 Å². The highest BCUT2D eigenvalue weighted by Gasteiger charge is 2.22. The molecule has 0 aliphatic rings. The van der Waals surface area contributed by atoms with Crippen molar-refractivity contribution >= 4 is 9.84 Å². The summed E-state index contributed by atoms with van der Waals surface area (Å²) in [5, 5.41) is 19.9. The van der Waals surface area contributed by atoms with Crippen molar-refractivity contribution in [2.75, 3.05) is 0 Å². The van der Waals surface area contributed by atoms with Gasteiger partial charge in [0.25, 0.3) is 0 Å². The van der Waals surface area contributed by atoms with E-state index in [-0.39, 0.29) is 27.2 Å². The number of hydrogen-bond donors (Lipinski definition) is 2. The normalized spacial score (nSPS) is 11.8. The van der Waals surface area contributed by atoms with Crippen LogP contribution in [0.15, 0.2) is 52.3 Å². The molecule has 2 rings (SSSR count). The molecule has 0 saturated heterocycles. The quantitative estimate of drug-likeness (QED) is 0.911. The van der Waals surface area contributed by atoms with Crippen molar-refractivity contribution in [1.82, 2.24) is 0 Å². The standard InChI is InChI=1S/C15H16O4S/c1-10(2)15-13(16)8-12(9-14(15)17)20(18,19)11-6-4-3-5-7-11/h3-10,16-17H,1-2H3. The third-order valence-corrected chi connectivity index (χ3v) is 4.80. The van der Waals surface area contributed by atoms with Gasteiger partial charge in [-0.15, -0.1) is 0 Å². The summed E-state index contributed by atoms with van der Waals surface area (Å²) in [4.78, 5) is -0.000744. The van der Waals surface area contributed by atoms with Crippen LogP contribution in [0.2, 0.25) is 0 Å². The van der Waals surface area contributed by atoms with Crippen LogP contribution >= 0.6 is 0 Å². The van der Waals surface area contributed by atoms with Gasteiger partial charge in [-0.3, -0.25) is 0 Å². The first-order valence-electron chi connectivity index (χ1n) is 6.20. The van der Waals surface area contributed by atoms with E-state index < -0.39 is 9.84 Å². The molecule has 0 aliphatic heterocycles. The van der Waals surface area contributed by atoms with Crippen LogP contribution in [0.5, 0.6) is 11.5 Å². The summed E-state index contributed by atoms with van der Waals surface area (Å²) in [7, 11) is -3.75. The van der Waals surface area contributed by atoms with Crippen molar-refractivity contribution in [2.45, 2.75) is 29.6 Å². The van der Waals surface area contributed by atoms with Gasteiger partial charge < -0.3 is 10.2 Å². The lowest BCUT2D eigenvalue weighted by molar-refractivity contribution is 0.430. The van der Waals surface area contributed by atoms with Crippen molar-refractivity contribution in [3.8, 4) is 11.5 Å². The smallest absolute Gasteiger partial charge is 0.206 e. The molecule has 2 aromatic carbocycles. The van der Waals surface area contributed by atoms with Gasteiger partial charge in [0.2, 0.25) is 9.84 Å². The second-order valence-electron chi connectivity index (χ2n) is 4.85. The second kappa shape index (κ2) is 5.17. The molecular formula is C15H16O4S. The molecule has 2 aromatic rings. The minimum absolute atomic E-state index is 0.108. The Balaban J connectivity index is 2.60. The average Bonchev–Trinajstić information content (AvgIpc) is 2.38. The van der Waals surface area contributed by atoms with E-state index in [0.29, 0.717) is 5.56 Å². The Labute approximate surface area is 118 Å². The Hall–Kier alpha value is -2.01. The van der Waals surface area contributed by atoms with Crippen molar-refractivity contribution < 1.29 is 18.6 Å². The summed E-state index contributed by atoms with van der Waals surface area (Å²) in [6.45, 7) is 3.61. The van der Waals surface area contributed by atoms with Gasteiger partial charge in [-0.1, -0.05) is 32.0 Å². The van der Waals surface area contributed by atoms with E-state index >= 15 is 0 Å². The van der Waals surface area contributed by atoms with E-state index in [1.807, 2.05) is 0 Å². The average molecular weight is 292 g/mol. The molecule has 0 radical (unpaired) electrons. The van der Waals surface area contributed by atoms with E-state index in [1.54, 1.807) is 32.0 Å². The zero-order valence-electron chi connectivity index (χ0n) is 11.2. The van der Waals surface area contributed by atoms with Crippen LogP contribution in [0.3, 0.4) is 0 Å². The first kappa shape index (κ1) is 14.4. The van der Waals surface area contributed by atoms with Gasteiger partial charge >= 0.3 is 0 Å². The lowest BCUT2D eigenvalue weighted by Gasteiger charge is -2.13. The summed E-state index contributed by atoms with van der Waals surface area (Å²) in [5.74, 6) is -0.535. The predicted molar refractivity (Wildman–Crippen MR) is 75.8 cm³/mol. The number of benzene rings is 2. The van der Waals surface area contributed by atoms with Crippen molar-refractivity contribution in [1.29, 1.82) is 0 Å². The summed E-state index contributed by atoms with van der Waals surface area (Å²) < 4.78 is 24.8. The van der Waals surface area contributed by atoms with Gasteiger partial charge in [0, 0.05) is 5.56 Å². The molecule has 0 unspecified atom stereocenters. The Morgan fingerprint density at radius 2 is 1.40 bits per heavy atom. The molecule has 0 saturated carbocycles. The van der Waals surface area contributed by atoms with Crippen LogP contribution in [0.1, 0.15) is 25.3 Å². The van der Waals surface area contributed by atoms with Crippen molar-refractivity contribution in [3.05, 3.63) is 48.0 Å². The van der Waals surface area contributed by atoms with Crippen molar-refractivity contribution in [2.24, 2.45) is 0 Å². The monoisotopic (exact) mass is 292 g/mol. The highest BCUT2D eigenvalue weighted by Crippen LogP contribution is 2.37. The van der Waals surface area contributed by atoms with Crippen LogP contribution < -0.4 is 0 Å². The number of hydrogen-bond acceptors (Lipinski definition) is 4. The fourth-order valence-corrected chi connectivity index (χ4v) is 3.40. The SMILES string of the molecule is CC(C)c1c(O)cc(S(=O)(=O)c2ccccc2)cc1O. The minimum Gasteiger partial charge on any atom is -0.507 e. The number of aromatic hydroxyl groups is 2. The lowest BCUT2D eigenvalue weighted by Crippen LogP contribution is -2.02. The number of phenolic OH excluding ortho intramolecular Hbond substituents is 2. The minimum atomic E-state index is -3.75. The summed E-state index contributed by atoms with van der Waals surface area (Å²) >= 11 is 0. The molecular weight excluding hydrogens is 276 g/mol. The molecule has 0 amide bonds. The maximum atomic E-state index is 12.4. The number of rotatable bonds is 3. The zero-order chi connectivity index (χ0) is 14.9. The second-order valence-corrected chi connectivity index (χ2v) is 6.80. The summed E-state index contributed by atoms with van der Waals surface area (Å²) in [6, 6.07) is 10.3. The van der Waals surface area contributed by atoms with E-state index in [1.165, 1.54) is 24.3 Å². The third kappa shape index (κ3) is 2.49. The molecule has 20 heavy (non-hydrogen) atoms. The maximum Gasteiger partial charge on any atom is 0.206 e. The highest BCUT2D eigenvalue weighted by molar-refractivity contribution is 7.91. The molecule has 0 spiro atoms. The molecule has 0 aromatic heterocycles. The number of sulfone groups is 1. The molecule has 0 heterocycles. The molecule has 0 bridgehead atoms. The maximum absolute atomic E-state index is 12.4. The lowest BCUT2D eigenvalue weighted by atomic mass is 10.0. The van der Waals surface area contributed by atoms with Crippen LogP contribution in [0.25, 0.3) is 0 Å². The van der Waals surface area contributed by atoms with Gasteiger partial charge in [-0.2, -0.15) is 0 Å². The first-order valence-corrected chi connectivity index (χ1v) is 7.68. The van der Waals surface area contributed by atoms with E-state index in [2.05, 4.69) is 0 Å². The van der Waals surface area contributed by atoms with Crippen LogP contribution in [0, 0.1) is 0 Å². The fourth-order valence-electron chi connectivity index (χ4n) is 2.08. The molecule has 0 fully saturated rings. The Bertz CT molecular complexity index is 696. The van der Waals surface area contributed by atoms with Gasteiger partial charge in [0.15, 0.2) is 0 Å². The summed E-state index contributed by atoms with van der Waals surface area (Å²) in [6.07, 6.45) is 0. The van der Waals surface area contributed by atoms with Gasteiger partial charge in [0.1, 0.15) is 11.5 Å². The Kier molecular flexibility index (Phi) is 3.72. The van der Waals surface area contributed by atoms with Crippen LogP contribution in [-0.4, -0.2) is 18.6 Å². The molecule has 0 aliphatic carbocycles. The van der Waals surface area contributed by atoms with Crippen LogP contribution in [0.4, 0.5) is 0 Å². The van der Waals surface area contributed by atoms with E-state index in [9.17, 15) is 18.6 Å². The van der Waals surface area contributed by atoms with Gasteiger partial charge in [-0.05, 0) is 30.2 Å². The third-order valence-electron chi connectivity index (χ3n) is 3.05. The van der Waals surface area contributed by atoms with Gasteiger partial charge in [-0.25, -0.2) is 8.42 Å². The summed E-state index contributed by atoms with van der Waals surface area (Å²) in [5.41, 5.74) is 0.344. The Morgan fingerprint density at radius 3 is 1.85 bits per heavy atom. The van der Waals surface area contributed by atoms with E-state index in [4.69, 9.17) is 0 Å². The molecule has 5 heteroatoms. The number of phenols is 2. The molecule has 4 nitrogen and oxygen atoms in total. The zero-order valence-corrected chi connectivity index (χ0v) is 12.1. The first-order chi connectivity index (χ1) is 9.34. The Morgan fingerprint density at radius 1 is 0.900 bits per heavy atom. The largest absolute Gasteiger partial charge is 0.507 e. The molecule has 0 atom stereocenters. The fraction of sp³-hybridized carbons (Fsp3) is 0.200. The van der Waals surface area contributed by atoms with E-state index in [0.717, 1.165) is 0 Å². The topological polar surface area (TPSA) is 74.6 Å². The molecule has 106 valence electrons. The predicted octanol–water partition coefficient (Wildman–Crippen LogP) is 3.05. The van der Waals surface area contributed by atoms with Gasteiger partial charge in [0.05, 0.1) is 9.79 Å². The highest BCUT2D eigenvalue weighted by atomic mass is 32.2. The molecule has 2 N–H and O–H groups in total. The van der Waals surface area contributed by atoms with Crippen molar-refractivity contribution in [3.63, 3.8) is 0 Å².